The third-order valence-corrected chi connectivity index (χ3v) is 3.28. The lowest BCUT2D eigenvalue weighted by Gasteiger charge is -2.07. The number of nitrogens with zero attached hydrogens (tertiary/aromatic N) is 2. The molecule has 0 bridgehead atoms. The Morgan fingerprint density at radius 1 is 1.25 bits per heavy atom. The first kappa shape index (κ1) is 13.3. The highest BCUT2D eigenvalue weighted by Crippen LogP contribution is 2.13. The number of hydrogen-bond donors (Lipinski definition) is 1. The van der Waals surface area contributed by atoms with E-state index in [0.717, 1.165) is 36.1 Å². The van der Waals surface area contributed by atoms with Crippen LogP contribution in [0.2, 0.25) is 0 Å². The van der Waals surface area contributed by atoms with Crippen LogP contribution in [0.25, 0.3) is 0 Å². The van der Waals surface area contributed by atoms with E-state index in [2.05, 4.69) is 36.1 Å². The summed E-state index contributed by atoms with van der Waals surface area (Å²) in [5.74, 6) is 4.01. The predicted molar refractivity (Wildman–Crippen MR) is 72.0 cm³/mol. The molecular formula is C12H21N3S. The number of rotatable bonds is 7. The minimum atomic E-state index is 0.904. The molecule has 0 saturated heterocycles. The molecule has 1 heterocycles. The van der Waals surface area contributed by atoms with Crippen molar-refractivity contribution < 1.29 is 0 Å². The van der Waals surface area contributed by atoms with Crippen molar-refractivity contribution in [1.82, 2.24) is 9.97 Å². The topological polar surface area (TPSA) is 37.8 Å². The zero-order valence-corrected chi connectivity index (χ0v) is 11.2. The van der Waals surface area contributed by atoms with Crippen LogP contribution in [0.1, 0.15) is 38.7 Å². The number of aromatic nitrogens is 2. The molecule has 0 atom stereocenters. The highest BCUT2D eigenvalue weighted by molar-refractivity contribution is 7.98. The van der Waals surface area contributed by atoms with Crippen molar-refractivity contribution in [2.24, 2.45) is 0 Å². The summed E-state index contributed by atoms with van der Waals surface area (Å²) in [6.45, 7) is 7.31. The summed E-state index contributed by atoms with van der Waals surface area (Å²) in [5, 5.41) is 3.25. The maximum atomic E-state index is 4.53. The summed E-state index contributed by atoms with van der Waals surface area (Å²) in [7, 11) is 0. The molecule has 0 aliphatic carbocycles. The molecular weight excluding hydrogens is 218 g/mol. The largest absolute Gasteiger partial charge is 0.370 e. The van der Waals surface area contributed by atoms with Gasteiger partial charge in [-0.05, 0) is 25.5 Å². The Bertz CT molecular complexity index is 315. The Morgan fingerprint density at radius 2 is 2.06 bits per heavy atom. The average Bonchev–Trinajstić information content (AvgIpc) is 2.29. The lowest BCUT2D eigenvalue weighted by molar-refractivity contribution is 0.935. The molecule has 0 aromatic carbocycles. The van der Waals surface area contributed by atoms with Crippen molar-refractivity contribution in [3.8, 4) is 0 Å². The molecule has 0 unspecified atom stereocenters. The second-order valence-electron chi connectivity index (χ2n) is 3.60. The highest BCUT2D eigenvalue weighted by atomic mass is 32.2. The second kappa shape index (κ2) is 7.49. The molecule has 0 radical (unpaired) electrons. The van der Waals surface area contributed by atoms with Crippen molar-refractivity contribution >= 4 is 17.6 Å². The number of nitrogens with one attached hydrogen (secondary N) is 1. The van der Waals surface area contributed by atoms with E-state index in [0.29, 0.717) is 0 Å². The summed E-state index contributed by atoms with van der Waals surface area (Å²) in [4.78, 5) is 9.03. The summed E-state index contributed by atoms with van der Waals surface area (Å²) >= 11 is 1.90. The summed E-state index contributed by atoms with van der Waals surface area (Å²) in [6.07, 6.45) is 2.17. The summed E-state index contributed by atoms with van der Waals surface area (Å²) in [6, 6.07) is 2.04. The van der Waals surface area contributed by atoms with Crippen LogP contribution in [0, 0.1) is 0 Å². The van der Waals surface area contributed by atoms with Gasteiger partial charge in [0, 0.05) is 18.3 Å². The maximum absolute atomic E-state index is 4.53. The minimum Gasteiger partial charge on any atom is -0.370 e. The lowest BCUT2D eigenvalue weighted by atomic mass is 10.3. The van der Waals surface area contributed by atoms with Crippen molar-refractivity contribution in [1.29, 1.82) is 0 Å². The van der Waals surface area contributed by atoms with Crippen LogP contribution in [0.15, 0.2) is 6.07 Å². The van der Waals surface area contributed by atoms with Gasteiger partial charge < -0.3 is 5.32 Å². The fourth-order valence-corrected chi connectivity index (χ4v) is 2.12. The molecule has 1 aromatic heterocycles. The molecule has 0 aliphatic heterocycles. The van der Waals surface area contributed by atoms with Gasteiger partial charge in [0.05, 0.1) is 5.75 Å². The Morgan fingerprint density at radius 3 is 2.69 bits per heavy atom. The number of anilines is 1. The van der Waals surface area contributed by atoms with E-state index < -0.39 is 0 Å². The third-order valence-electron chi connectivity index (χ3n) is 2.13. The van der Waals surface area contributed by atoms with Crippen LogP contribution < -0.4 is 5.32 Å². The average molecular weight is 239 g/mol. The second-order valence-corrected chi connectivity index (χ2v) is 4.70. The molecule has 4 heteroatoms. The third kappa shape index (κ3) is 4.39. The predicted octanol–water partition coefficient (Wildman–Crippen LogP) is 3.11. The Balaban J connectivity index is 2.69. The van der Waals surface area contributed by atoms with Gasteiger partial charge in [-0.2, -0.15) is 11.8 Å². The fourth-order valence-electron chi connectivity index (χ4n) is 1.38. The standard InChI is InChI=1S/C12H21N3S/c1-4-7-16-9-12-14-10(5-2)8-11(15-12)13-6-3/h8H,4-7,9H2,1-3H3,(H,13,14,15). The highest BCUT2D eigenvalue weighted by Gasteiger charge is 2.03. The first-order valence-corrected chi connectivity index (χ1v) is 7.14. The summed E-state index contributed by atoms with van der Waals surface area (Å²) < 4.78 is 0. The monoisotopic (exact) mass is 239 g/mol. The maximum Gasteiger partial charge on any atom is 0.140 e. The van der Waals surface area contributed by atoms with E-state index in [9.17, 15) is 0 Å². The van der Waals surface area contributed by atoms with Gasteiger partial charge in [0.25, 0.3) is 0 Å². The molecule has 0 aliphatic rings. The summed E-state index contributed by atoms with van der Waals surface area (Å²) in [5.41, 5.74) is 1.12. The molecule has 0 spiro atoms. The van der Waals surface area contributed by atoms with Gasteiger partial charge in [0.2, 0.25) is 0 Å². The molecule has 3 nitrogen and oxygen atoms in total. The fraction of sp³-hybridized carbons (Fsp3) is 0.667. The van der Waals surface area contributed by atoms with Crippen LogP contribution in [0.3, 0.4) is 0 Å². The Labute approximate surface area is 102 Å². The van der Waals surface area contributed by atoms with Crippen molar-refractivity contribution in [2.75, 3.05) is 17.6 Å². The van der Waals surface area contributed by atoms with Crippen LogP contribution in [-0.4, -0.2) is 22.3 Å². The molecule has 16 heavy (non-hydrogen) atoms. The van der Waals surface area contributed by atoms with Crippen molar-refractivity contribution in [2.45, 2.75) is 39.4 Å². The SMILES string of the molecule is CCCSCc1nc(CC)cc(NCC)n1. The van der Waals surface area contributed by atoms with Crippen molar-refractivity contribution in [3.05, 3.63) is 17.6 Å². The van der Waals surface area contributed by atoms with E-state index in [1.165, 1.54) is 12.2 Å². The normalized spacial score (nSPS) is 10.4. The van der Waals surface area contributed by atoms with Gasteiger partial charge in [-0.25, -0.2) is 9.97 Å². The Kier molecular flexibility index (Phi) is 6.23. The quantitative estimate of drug-likeness (QED) is 0.742. The van der Waals surface area contributed by atoms with Gasteiger partial charge in [0.1, 0.15) is 11.6 Å². The van der Waals surface area contributed by atoms with E-state index in [1.807, 2.05) is 17.8 Å². The number of thioether (sulfide) groups is 1. The molecule has 0 amide bonds. The zero-order chi connectivity index (χ0) is 11.8. The van der Waals surface area contributed by atoms with Crippen LogP contribution >= 0.6 is 11.8 Å². The Hall–Kier alpha value is -0.770. The van der Waals surface area contributed by atoms with Gasteiger partial charge in [-0.1, -0.05) is 13.8 Å². The van der Waals surface area contributed by atoms with Gasteiger partial charge in [0.15, 0.2) is 0 Å². The van der Waals surface area contributed by atoms with Gasteiger partial charge >= 0.3 is 0 Å². The molecule has 90 valence electrons. The molecule has 1 N–H and O–H groups in total. The number of hydrogen-bond acceptors (Lipinski definition) is 4. The van der Waals surface area contributed by atoms with Crippen LogP contribution in [0.4, 0.5) is 5.82 Å². The van der Waals surface area contributed by atoms with E-state index >= 15 is 0 Å². The van der Waals surface area contributed by atoms with E-state index in [1.54, 1.807) is 0 Å². The van der Waals surface area contributed by atoms with Gasteiger partial charge in [-0.15, -0.1) is 0 Å². The lowest BCUT2D eigenvalue weighted by Crippen LogP contribution is -2.05. The first-order valence-electron chi connectivity index (χ1n) is 5.98. The molecule has 0 saturated carbocycles. The van der Waals surface area contributed by atoms with Gasteiger partial charge in [-0.3, -0.25) is 0 Å². The molecule has 1 rings (SSSR count). The van der Waals surface area contributed by atoms with E-state index in [4.69, 9.17) is 0 Å². The van der Waals surface area contributed by atoms with E-state index in [-0.39, 0.29) is 0 Å². The van der Waals surface area contributed by atoms with Crippen molar-refractivity contribution in [3.63, 3.8) is 0 Å². The minimum absolute atomic E-state index is 0.904. The van der Waals surface area contributed by atoms with Crippen LogP contribution in [0.5, 0.6) is 0 Å². The molecule has 0 fully saturated rings. The number of aryl methyl sites for hydroxylation is 1. The van der Waals surface area contributed by atoms with Crippen LogP contribution in [-0.2, 0) is 12.2 Å². The smallest absolute Gasteiger partial charge is 0.140 e. The molecule has 1 aromatic rings. The zero-order valence-electron chi connectivity index (χ0n) is 10.4. The first-order chi connectivity index (χ1) is 7.80.